The molecule has 1 atom stereocenters. The molecule has 3 aromatic heterocycles. The molecule has 0 aliphatic heterocycles. The molecule has 0 aliphatic rings. The molecule has 0 radical (unpaired) electrons. The van der Waals surface area contributed by atoms with Crippen molar-refractivity contribution in [2.45, 2.75) is 25.2 Å². The number of benzene rings is 1. The molecule has 1 amide bonds. The van der Waals surface area contributed by atoms with Gasteiger partial charge in [-0.25, -0.2) is 4.39 Å². The smallest absolute Gasteiger partial charge is 0.238 e. The zero-order valence-electron chi connectivity index (χ0n) is 15.8. The van der Waals surface area contributed by atoms with Crippen molar-refractivity contribution in [2.75, 3.05) is 0 Å². The Morgan fingerprint density at radius 2 is 1.67 bits per heavy atom. The second kappa shape index (κ2) is 8.22. The predicted octanol–water partition coefficient (Wildman–Crippen LogP) is 4.57. The zero-order chi connectivity index (χ0) is 21.5. The second-order valence-electron chi connectivity index (χ2n) is 6.55. The Labute approximate surface area is 192 Å². The topological polar surface area (TPSA) is 94.7 Å². The summed E-state index contributed by atoms with van der Waals surface area (Å²) >= 11 is 7.47. The minimum Gasteiger partial charge on any atom is -0.368 e. The summed E-state index contributed by atoms with van der Waals surface area (Å²) in [5.74, 6) is -1.72. The first-order valence-electron chi connectivity index (χ1n) is 8.74. The molecule has 0 saturated carbocycles. The summed E-state index contributed by atoms with van der Waals surface area (Å²) in [4.78, 5) is 14.1. The Balaban J connectivity index is 2.11. The number of aromatic nitrogens is 4. The largest absolute Gasteiger partial charge is 0.368 e. The number of amides is 1. The van der Waals surface area contributed by atoms with E-state index in [-0.39, 0.29) is 0 Å². The molecule has 0 bridgehead atoms. The van der Waals surface area contributed by atoms with Gasteiger partial charge in [-0.3, -0.25) is 4.79 Å². The van der Waals surface area contributed by atoms with Crippen molar-refractivity contribution in [1.82, 2.24) is 20.4 Å². The van der Waals surface area contributed by atoms with Crippen LogP contribution in [0.25, 0.3) is 0 Å². The van der Waals surface area contributed by atoms with Crippen LogP contribution in [0.5, 0.6) is 0 Å². The number of hydrogen-bond donors (Lipinski definition) is 1. The molecular formula is C19H15BrFN5OS3. The third kappa shape index (κ3) is 3.59. The molecule has 3 heterocycles. The molecule has 0 saturated heterocycles. The van der Waals surface area contributed by atoms with Crippen molar-refractivity contribution in [3.8, 4) is 0 Å². The molecule has 0 spiro atoms. The predicted molar refractivity (Wildman–Crippen MR) is 120 cm³/mol. The van der Waals surface area contributed by atoms with E-state index in [1.54, 1.807) is 26.0 Å². The lowest BCUT2D eigenvalue weighted by Crippen LogP contribution is -2.47. The molecule has 0 fully saturated rings. The van der Waals surface area contributed by atoms with Gasteiger partial charge in [0.1, 0.15) is 25.8 Å². The van der Waals surface area contributed by atoms with Crippen molar-refractivity contribution in [1.29, 1.82) is 0 Å². The van der Waals surface area contributed by atoms with Crippen LogP contribution in [0.15, 0.2) is 40.2 Å². The van der Waals surface area contributed by atoms with Crippen LogP contribution in [-0.4, -0.2) is 26.3 Å². The van der Waals surface area contributed by atoms with E-state index in [1.165, 1.54) is 46.1 Å². The van der Waals surface area contributed by atoms with Crippen LogP contribution in [0.3, 0.4) is 0 Å². The number of nitrogens with zero attached hydrogens (tertiary/aromatic N) is 4. The van der Waals surface area contributed by atoms with Gasteiger partial charge in [-0.05, 0) is 59.6 Å². The van der Waals surface area contributed by atoms with E-state index in [2.05, 4.69) is 36.3 Å². The molecule has 6 nitrogen and oxygen atoms in total. The molecule has 1 unspecified atom stereocenters. The second-order valence-corrected chi connectivity index (χ2v) is 11.4. The van der Waals surface area contributed by atoms with E-state index >= 15 is 0 Å². The zero-order valence-corrected chi connectivity index (χ0v) is 19.8. The Hall–Kier alpha value is -2.08. The highest BCUT2D eigenvalue weighted by atomic mass is 79.9. The average Bonchev–Trinajstić information content (AvgIpc) is 3.41. The Morgan fingerprint density at radius 3 is 2.10 bits per heavy atom. The average molecular weight is 524 g/mol. The van der Waals surface area contributed by atoms with Crippen molar-refractivity contribution < 1.29 is 9.18 Å². The van der Waals surface area contributed by atoms with Crippen molar-refractivity contribution in [3.63, 3.8) is 0 Å². The standard InChI is InChI=1S/C19H15BrFN5OS3/c1-9-23-25-17(28-9)19(16(22)27,18-26-24-10(2)29-18)15(13-6-7-14(20)30-13)11-4-3-5-12(21)8-11/h3-8,15H,1-2H3,(H2,22,27). The highest BCUT2D eigenvalue weighted by Gasteiger charge is 2.55. The van der Waals surface area contributed by atoms with Crippen LogP contribution in [0.4, 0.5) is 4.39 Å². The van der Waals surface area contributed by atoms with Crippen molar-refractivity contribution in [2.24, 2.45) is 5.73 Å². The maximum absolute atomic E-state index is 14.3. The minimum atomic E-state index is -1.49. The minimum absolute atomic E-state index is 0.405. The van der Waals surface area contributed by atoms with Gasteiger partial charge < -0.3 is 5.73 Å². The van der Waals surface area contributed by atoms with Gasteiger partial charge in [-0.1, -0.05) is 12.1 Å². The number of primary amides is 1. The highest BCUT2D eigenvalue weighted by Crippen LogP contribution is 2.51. The summed E-state index contributed by atoms with van der Waals surface area (Å²) in [6.07, 6.45) is 0. The lowest BCUT2D eigenvalue weighted by atomic mass is 9.71. The van der Waals surface area contributed by atoms with Crippen LogP contribution >= 0.6 is 49.9 Å². The monoisotopic (exact) mass is 523 g/mol. The first-order valence-corrected chi connectivity index (χ1v) is 12.0. The molecule has 4 aromatic rings. The summed E-state index contributed by atoms with van der Waals surface area (Å²) in [6.45, 7) is 3.61. The number of hydrogen-bond acceptors (Lipinski definition) is 8. The highest BCUT2D eigenvalue weighted by molar-refractivity contribution is 9.11. The van der Waals surface area contributed by atoms with E-state index in [9.17, 15) is 9.18 Å². The van der Waals surface area contributed by atoms with E-state index < -0.39 is 23.1 Å². The van der Waals surface area contributed by atoms with Crippen LogP contribution < -0.4 is 5.73 Å². The van der Waals surface area contributed by atoms with E-state index in [0.717, 1.165) is 8.66 Å². The summed E-state index contributed by atoms with van der Waals surface area (Å²) in [7, 11) is 0. The van der Waals surface area contributed by atoms with Gasteiger partial charge in [-0.2, -0.15) is 0 Å². The first kappa shape index (κ1) is 21.2. The third-order valence-electron chi connectivity index (χ3n) is 4.61. The number of carbonyl (C=O) groups is 1. The van der Waals surface area contributed by atoms with Gasteiger partial charge in [0, 0.05) is 10.8 Å². The molecule has 4 rings (SSSR count). The summed E-state index contributed by atoms with van der Waals surface area (Å²) in [6, 6.07) is 9.95. The van der Waals surface area contributed by atoms with Crippen LogP contribution in [0, 0.1) is 19.7 Å². The Morgan fingerprint density at radius 1 is 1.03 bits per heavy atom. The lowest BCUT2D eigenvalue weighted by molar-refractivity contribution is -0.122. The van der Waals surface area contributed by atoms with Gasteiger partial charge >= 0.3 is 0 Å². The quantitative estimate of drug-likeness (QED) is 0.399. The lowest BCUT2D eigenvalue weighted by Gasteiger charge is -2.34. The maximum atomic E-state index is 14.3. The number of thiophene rings is 1. The normalized spacial score (nSPS) is 12.8. The number of halogens is 2. The van der Waals surface area contributed by atoms with Crippen LogP contribution in [0.2, 0.25) is 0 Å². The van der Waals surface area contributed by atoms with E-state index in [0.29, 0.717) is 25.6 Å². The van der Waals surface area contributed by atoms with Gasteiger partial charge in [0.05, 0.1) is 3.79 Å². The Bertz CT molecular complexity index is 1180. The molecule has 154 valence electrons. The molecule has 1 aromatic carbocycles. The van der Waals surface area contributed by atoms with E-state index in [4.69, 9.17) is 5.73 Å². The van der Waals surface area contributed by atoms with Gasteiger partial charge in [-0.15, -0.1) is 54.4 Å². The number of rotatable bonds is 6. The fraction of sp³-hybridized carbons (Fsp3) is 0.211. The van der Waals surface area contributed by atoms with Gasteiger partial charge in [0.2, 0.25) is 5.91 Å². The van der Waals surface area contributed by atoms with Gasteiger partial charge in [0.15, 0.2) is 5.41 Å². The van der Waals surface area contributed by atoms with Crippen LogP contribution in [0.1, 0.15) is 36.4 Å². The summed E-state index contributed by atoms with van der Waals surface area (Å²) < 4.78 is 15.2. The number of aryl methyl sites for hydroxylation is 2. The number of carbonyl (C=O) groups excluding carboxylic acids is 1. The molecule has 30 heavy (non-hydrogen) atoms. The van der Waals surface area contributed by atoms with E-state index in [1.807, 2.05) is 12.1 Å². The molecule has 11 heteroatoms. The number of nitrogens with two attached hydrogens (primary N) is 1. The summed E-state index contributed by atoms with van der Waals surface area (Å²) in [5, 5.41) is 19.0. The molecule has 2 N–H and O–H groups in total. The van der Waals surface area contributed by atoms with Gasteiger partial charge in [0.25, 0.3) is 0 Å². The van der Waals surface area contributed by atoms with Crippen LogP contribution in [-0.2, 0) is 10.2 Å². The molecule has 0 aliphatic carbocycles. The summed E-state index contributed by atoms with van der Waals surface area (Å²) in [5.41, 5.74) is 5.21. The first-order chi connectivity index (χ1) is 14.3. The third-order valence-corrected chi connectivity index (χ3v) is 8.25. The molecular weight excluding hydrogens is 509 g/mol. The SMILES string of the molecule is Cc1nnc(C(C(N)=O)(c2nnc(C)s2)C(c2cccc(F)c2)c2ccc(Br)s2)s1. The fourth-order valence-electron chi connectivity index (χ4n) is 3.40. The fourth-order valence-corrected chi connectivity index (χ4v) is 6.92. The van der Waals surface area contributed by atoms with Crippen molar-refractivity contribution >= 4 is 55.8 Å². The maximum Gasteiger partial charge on any atom is 0.238 e. The van der Waals surface area contributed by atoms with Crippen molar-refractivity contribution in [3.05, 3.63) is 76.5 Å². The Kier molecular flexibility index (Phi) is 5.80.